The standard InChI is InChI=1S/C26H23N5O3S/c32-23-6-3-15-31(23)20-13-11-19(12-14-20)25(34)30-29-24(33)18-9-7-17(8-10-18)16-35-26-27-21-4-1-2-5-22(21)28-26/h1-2,4-5,7-14H,3,6,15-16H2,(H,27,28)(H,29,33)(H,30,34). The number of carbonyl (C=O) groups excluding carboxylic acids is 3. The van der Waals surface area contributed by atoms with E-state index in [1.807, 2.05) is 36.4 Å². The van der Waals surface area contributed by atoms with Gasteiger partial charge in [-0.15, -0.1) is 0 Å². The van der Waals surface area contributed by atoms with Crippen LogP contribution < -0.4 is 15.8 Å². The number of benzene rings is 3. The number of hydrogen-bond acceptors (Lipinski definition) is 5. The highest BCUT2D eigenvalue weighted by atomic mass is 32.2. The van der Waals surface area contributed by atoms with E-state index >= 15 is 0 Å². The maximum absolute atomic E-state index is 12.4. The van der Waals surface area contributed by atoms with Gasteiger partial charge in [0.1, 0.15) is 0 Å². The van der Waals surface area contributed by atoms with E-state index in [9.17, 15) is 14.4 Å². The predicted octanol–water partition coefficient (Wildman–Crippen LogP) is 4.06. The molecule has 0 radical (unpaired) electrons. The van der Waals surface area contributed by atoms with Crippen LogP contribution in [0.5, 0.6) is 0 Å². The molecule has 1 aromatic heterocycles. The highest BCUT2D eigenvalue weighted by Gasteiger charge is 2.21. The first-order chi connectivity index (χ1) is 17.1. The van der Waals surface area contributed by atoms with Gasteiger partial charge in [0.05, 0.1) is 11.0 Å². The maximum atomic E-state index is 12.4. The lowest BCUT2D eigenvalue weighted by Crippen LogP contribution is -2.41. The summed E-state index contributed by atoms with van der Waals surface area (Å²) in [5.74, 6) is -0.0449. The Labute approximate surface area is 206 Å². The number of hydrogen-bond donors (Lipinski definition) is 3. The van der Waals surface area contributed by atoms with Gasteiger partial charge in [-0.05, 0) is 60.5 Å². The second-order valence-corrected chi connectivity index (χ2v) is 9.11. The molecule has 1 saturated heterocycles. The van der Waals surface area contributed by atoms with Gasteiger partial charge >= 0.3 is 0 Å². The van der Waals surface area contributed by atoms with Crippen LogP contribution in [0, 0.1) is 0 Å². The first-order valence-electron chi connectivity index (χ1n) is 11.2. The van der Waals surface area contributed by atoms with Crippen LogP contribution >= 0.6 is 11.8 Å². The third kappa shape index (κ3) is 5.20. The molecule has 1 fully saturated rings. The fourth-order valence-electron chi connectivity index (χ4n) is 3.87. The summed E-state index contributed by atoms with van der Waals surface area (Å²) in [5.41, 5.74) is 9.45. The van der Waals surface area contributed by atoms with Gasteiger partial charge in [0.25, 0.3) is 11.8 Å². The molecule has 3 amide bonds. The van der Waals surface area contributed by atoms with E-state index in [4.69, 9.17) is 0 Å². The van der Waals surface area contributed by atoms with E-state index in [2.05, 4.69) is 20.8 Å². The van der Waals surface area contributed by atoms with E-state index in [1.165, 1.54) is 0 Å². The van der Waals surface area contributed by atoms with Gasteiger partial charge in [0, 0.05) is 35.5 Å². The number of fused-ring (bicyclic) bond motifs is 1. The number of carbonyl (C=O) groups is 3. The molecular weight excluding hydrogens is 462 g/mol. The zero-order valence-corrected chi connectivity index (χ0v) is 19.6. The Kier molecular flexibility index (Phi) is 6.49. The minimum absolute atomic E-state index is 0.0913. The van der Waals surface area contributed by atoms with Crippen molar-refractivity contribution in [2.45, 2.75) is 23.8 Å². The van der Waals surface area contributed by atoms with Crippen LogP contribution in [0.2, 0.25) is 0 Å². The normalized spacial score (nSPS) is 13.3. The molecule has 1 aliphatic rings. The minimum atomic E-state index is -0.434. The van der Waals surface area contributed by atoms with Crippen molar-refractivity contribution in [3.05, 3.63) is 89.5 Å². The summed E-state index contributed by atoms with van der Waals surface area (Å²) >= 11 is 1.59. The molecule has 5 rings (SSSR count). The summed E-state index contributed by atoms with van der Waals surface area (Å²) in [7, 11) is 0. The SMILES string of the molecule is O=C(NNC(=O)c1ccc(N2CCCC2=O)cc1)c1ccc(CSc2nc3ccccc3[nH]2)cc1. The molecule has 0 spiro atoms. The van der Waals surface area contributed by atoms with Crippen LogP contribution in [0.4, 0.5) is 5.69 Å². The van der Waals surface area contributed by atoms with Crippen molar-refractivity contribution >= 4 is 46.2 Å². The number of nitrogens with one attached hydrogen (secondary N) is 3. The first-order valence-corrected chi connectivity index (χ1v) is 12.2. The van der Waals surface area contributed by atoms with E-state index in [0.29, 0.717) is 29.8 Å². The van der Waals surface area contributed by atoms with Gasteiger partial charge in [-0.25, -0.2) is 4.98 Å². The Hall–Kier alpha value is -4.11. The average Bonchev–Trinajstić information content (AvgIpc) is 3.52. The van der Waals surface area contributed by atoms with Gasteiger partial charge in [0.2, 0.25) is 5.91 Å². The van der Waals surface area contributed by atoms with Crippen molar-refractivity contribution in [3.63, 3.8) is 0 Å². The van der Waals surface area contributed by atoms with Crippen molar-refractivity contribution in [1.82, 2.24) is 20.8 Å². The molecule has 1 aliphatic heterocycles. The number of hydrazine groups is 1. The summed E-state index contributed by atoms with van der Waals surface area (Å²) < 4.78 is 0. The van der Waals surface area contributed by atoms with Crippen LogP contribution in [0.15, 0.2) is 78.0 Å². The number of imidazole rings is 1. The first kappa shape index (κ1) is 22.7. The predicted molar refractivity (Wildman–Crippen MR) is 135 cm³/mol. The van der Waals surface area contributed by atoms with Crippen molar-refractivity contribution in [2.24, 2.45) is 0 Å². The molecule has 0 bridgehead atoms. The van der Waals surface area contributed by atoms with Crippen LogP contribution in [0.3, 0.4) is 0 Å². The quantitative estimate of drug-likeness (QED) is 0.282. The van der Waals surface area contributed by atoms with Crippen molar-refractivity contribution in [2.75, 3.05) is 11.4 Å². The third-order valence-corrected chi connectivity index (χ3v) is 6.71. The Morgan fingerprint density at radius 1 is 0.914 bits per heavy atom. The second-order valence-electron chi connectivity index (χ2n) is 8.15. The van der Waals surface area contributed by atoms with Crippen LogP contribution in [-0.2, 0) is 10.5 Å². The molecule has 3 N–H and O–H groups in total. The van der Waals surface area contributed by atoms with Gasteiger partial charge in [-0.1, -0.05) is 36.0 Å². The van der Waals surface area contributed by atoms with Crippen LogP contribution in [0.25, 0.3) is 11.0 Å². The highest BCUT2D eigenvalue weighted by molar-refractivity contribution is 7.98. The molecule has 8 nitrogen and oxygen atoms in total. The lowest BCUT2D eigenvalue weighted by Gasteiger charge is -2.15. The number of aromatic amines is 1. The Balaban J connectivity index is 1.12. The topological polar surface area (TPSA) is 107 Å². The Morgan fingerprint density at radius 2 is 1.57 bits per heavy atom. The summed E-state index contributed by atoms with van der Waals surface area (Å²) in [6, 6.07) is 21.8. The molecule has 0 atom stereocenters. The highest BCUT2D eigenvalue weighted by Crippen LogP contribution is 2.23. The maximum Gasteiger partial charge on any atom is 0.269 e. The average molecular weight is 486 g/mol. The fraction of sp³-hybridized carbons (Fsp3) is 0.154. The smallest absolute Gasteiger partial charge is 0.269 e. The number of H-pyrrole nitrogens is 1. The summed E-state index contributed by atoms with van der Waals surface area (Å²) in [6.07, 6.45) is 1.39. The summed E-state index contributed by atoms with van der Waals surface area (Å²) in [5, 5.41) is 0.843. The number of rotatable bonds is 6. The molecule has 3 aromatic carbocycles. The van der Waals surface area contributed by atoms with E-state index in [-0.39, 0.29) is 5.91 Å². The van der Waals surface area contributed by atoms with Gasteiger partial charge in [-0.2, -0.15) is 0 Å². The molecule has 0 saturated carbocycles. The molecule has 176 valence electrons. The number of anilines is 1. The molecule has 2 heterocycles. The van der Waals surface area contributed by atoms with Gasteiger partial charge < -0.3 is 9.88 Å². The molecule has 0 unspecified atom stereocenters. The molecule has 9 heteroatoms. The molecule has 35 heavy (non-hydrogen) atoms. The van der Waals surface area contributed by atoms with Crippen molar-refractivity contribution in [1.29, 1.82) is 0 Å². The summed E-state index contributed by atoms with van der Waals surface area (Å²) in [4.78, 5) is 46.2. The lowest BCUT2D eigenvalue weighted by molar-refractivity contribution is -0.117. The second kappa shape index (κ2) is 10.0. The van der Waals surface area contributed by atoms with Gasteiger partial charge in [0.15, 0.2) is 5.16 Å². The Morgan fingerprint density at radius 3 is 2.20 bits per heavy atom. The zero-order chi connectivity index (χ0) is 24.2. The molecule has 0 aliphatic carbocycles. The molecule has 4 aromatic rings. The van der Waals surface area contributed by atoms with E-state index < -0.39 is 11.8 Å². The number of thioether (sulfide) groups is 1. The summed E-state index contributed by atoms with van der Waals surface area (Å²) in [6.45, 7) is 0.692. The number of amides is 3. The molecular formula is C26H23N5O3S. The third-order valence-electron chi connectivity index (χ3n) is 5.76. The van der Waals surface area contributed by atoms with E-state index in [0.717, 1.165) is 33.9 Å². The minimum Gasteiger partial charge on any atom is -0.333 e. The van der Waals surface area contributed by atoms with Crippen LogP contribution in [-0.4, -0.2) is 34.2 Å². The van der Waals surface area contributed by atoms with Crippen molar-refractivity contribution in [3.8, 4) is 0 Å². The Bertz CT molecular complexity index is 1350. The van der Waals surface area contributed by atoms with Gasteiger partial charge in [-0.3, -0.25) is 25.2 Å². The van der Waals surface area contributed by atoms with Crippen molar-refractivity contribution < 1.29 is 14.4 Å². The lowest BCUT2D eigenvalue weighted by atomic mass is 10.1. The van der Waals surface area contributed by atoms with E-state index in [1.54, 1.807) is 53.1 Å². The van der Waals surface area contributed by atoms with Crippen LogP contribution in [0.1, 0.15) is 39.1 Å². The monoisotopic (exact) mass is 485 g/mol. The zero-order valence-electron chi connectivity index (χ0n) is 18.8. The number of para-hydroxylation sites is 2. The number of aromatic nitrogens is 2. The largest absolute Gasteiger partial charge is 0.333 e. The number of nitrogens with zero attached hydrogens (tertiary/aromatic N) is 2. The fourth-order valence-corrected chi connectivity index (χ4v) is 4.71.